The largest absolute Gasteiger partial charge is 0.393 e. The Morgan fingerprint density at radius 1 is 0.930 bits per heavy atom. The van der Waals surface area contributed by atoms with E-state index in [1.807, 2.05) is 44.1 Å². The van der Waals surface area contributed by atoms with E-state index in [0.29, 0.717) is 41.9 Å². The molecule has 1 aliphatic heterocycles. The molecule has 43 heavy (non-hydrogen) atoms. The van der Waals surface area contributed by atoms with Crippen LogP contribution in [0, 0.1) is 5.41 Å². The molecule has 2 fully saturated rings. The molecule has 5 N–H and O–H groups in total. The molecule has 224 valence electrons. The number of likely N-dealkylation sites (tertiary alicyclic amines) is 1. The Kier molecular flexibility index (Phi) is 9.39. The molecule has 1 aromatic heterocycles. The fourth-order valence-corrected chi connectivity index (χ4v) is 5.37. The molecule has 1 saturated heterocycles. The van der Waals surface area contributed by atoms with E-state index in [2.05, 4.69) is 50.5 Å². The van der Waals surface area contributed by atoms with Crippen LogP contribution < -0.4 is 21.3 Å². The van der Waals surface area contributed by atoms with Crippen LogP contribution in [0.3, 0.4) is 0 Å². The maximum atomic E-state index is 13.6. The summed E-state index contributed by atoms with van der Waals surface area (Å²) in [6.07, 6.45) is 8.68. The molecule has 9 nitrogen and oxygen atoms in total. The van der Waals surface area contributed by atoms with Gasteiger partial charge in [-0.1, -0.05) is 24.3 Å². The first-order chi connectivity index (χ1) is 20.8. The summed E-state index contributed by atoms with van der Waals surface area (Å²) in [6, 6.07) is 18.1. The lowest BCUT2D eigenvalue weighted by atomic mass is 9.88. The summed E-state index contributed by atoms with van der Waals surface area (Å²) in [5.41, 5.74) is 5.51. The average molecular weight is 580 g/mol. The van der Waals surface area contributed by atoms with Crippen LogP contribution in [0.25, 0.3) is 5.57 Å². The first kappa shape index (κ1) is 29.8. The van der Waals surface area contributed by atoms with Crippen molar-refractivity contribution in [2.75, 3.05) is 36.1 Å². The van der Waals surface area contributed by atoms with Gasteiger partial charge < -0.3 is 31.6 Å². The van der Waals surface area contributed by atoms with Crippen LogP contribution in [0.2, 0.25) is 0 Å². The van der Waals surface area contributed by atoms with Gasteiger partial charge >= 0.3 is 0 Å². The third kappa shape index (κ3) is 7.60. The molecule has 2 heterocycles. The van der Waals surface area contributed by atoms with Gasteiger partial charge in [0.15, 0.2) is 0 Å². The highest BCUT2D eigenvalue weighted by molar-refractivity contribution is 6.08. The number of carbonyl (C=O) groups is 2. The summed E-state index contributed by atoms with van der Waals surface area (Å²) in [5.74, 6) is 0.800. The predicted molar refractivity (Wildman–Crippen MR) is 174 cm³/mol. The van der Waals surface area contributed by atoms with Gasteiger partial charge in [0.05, 0.1) is 16.9 Å². The van der Waals surface area contributed by atoms with E-state index in [1.54, 1.807) is 24.4 Å². The number of aromatic nitrogens is 1. The molecule has 2 amide bonds. The van der Waals surface area contributed by atoms with Crippen molar-refractivity contribution in [1.29, 1.82) is 5.41 Å². The summed E-state index contributed by atoms with van der Waals surface area (Å²) >= 11 is 0. The van der Waals surface area contributed by atoms with Gasteiger partial charge in [-0.3, -0.25) is 9.59 Å². The smallest absolute Gasteiger partial charge is 0.257 e. The molecular formula is C34H41N7O2. The number of hydrogen-bond acceptors (Lipinski definition) is 7. The van der Waals surface area contributed by atoms with Crippen molar-refractivity contribution >= 4 is 40.8 Å². The highest BCUT2D eigenvalue weighted by Gasteiger charge is 2.27. The standard InChI is InChI=1S/C34H41N7O2/c1-22(2)38-32-13-9-27(21-37-32)33(42)40-31-18-26(8-12-30(31)39-29-10-11-29)34(43)41-16-14-25(15-17-41)23-4-6-24(7-5-23)28(19-35)20-36-3/h4-9,12-13,18-22,25,29,35-36,39H,10-11,14-17H2,1-3H3,(H,37,38)(H,40,42)/b28-20+,35-19?. The zero-order valence-corrected chi connectivity index (χ0v) is 25.1. The van der Waals surface area contributed by atoms with Crippen LogP contribution in [0.5, 0.6) is 0 Å². The molecule has 1 saturated carbocycles. The number of anilines is 3. The molecule has 9 heteroatoms. The maximum Gasteiger partial charge on any atom is 0.257 e. The van der Waals surface area contributed by atoms with Crippen LogP contribution in [-0.4, -0.2) is 60.1 Å². The van der Waals surface area contributed by atoms with Gasteiger partial charge in [-0.15, -0.1) is 0 Å². The average Bonchev–Trinajstić information content (AvgIpc) is 3.85. The van der Waals surface area contributed by atoms with Gasteiger partial charge in [-0.2, -0.15) is 0 Å². The normalized spacial score (nSPS) is 15.6. The van der Waals surface area contributed by atoms with E-state index in [4.69, 9.17) is 5.41 Å². The Bertz CT molecular complexity index is 1470. The molecule has 0 bridgehead atoms. The van der Waals surface area contributed by atoms with Crippen molar-refractivity contribution in [3.63, 3.8) is 0 Å². The number of amides is 2. The third-order valence-electron chi connectivity index (χ3n) is 7.87. The number of nitrogens with zero attached hydrogens (tertiary/aromatic N) is 2. The molecule has 0 atom stereocenters. The highest BCUT2D eigenvalue weighted by atomic mass is 16.2. The molecule has 5 rings (SSSR count). The van der Waals surface area contributed by atoms with Crippen LogP contribution in [0.15, 0.2) is 67.0 Å². The number of nitrogens with one attached hydrogen (secondary N) is 5. The molecule has 2 aliphatic rings. The van der Waals surface area contributed by atoms with Crippen molar-refractivity contribution in [3.8, 4) is 0 Å². The van der Waals surface area contributed by atoms with E-state index in [9.17, 15) is 9.59 Å². The van der Waals surface area contributed by atoms with Crippen molar-refractivity contribution in [2.45, 2.75) is 57.5 Å². The maximum absolute atomic E-state index is 13.6. The number of hydrogen-bond donors (Lipinski definition) is 5. The van der Waals surface area contributed by atoms with Crippen LogP contribution in [0.1, 0.15) is 77.3 Å². The summed E-state index contributed by atoms with van der Waals surface area (Å²) < 4.78 is 0. The highest BCUT2D eigenvalue weighted by Crippen LogP contribution is 2.33. The second kappa shape index (κ2) is 13.5. The number of carbonyl (C=O) groups excluding carboxylic acids is 2. The lowest BCUT2D eigenvalue weighted by Gasteiger charge is -2.32. The fraction of sp³-hybridized carbons (Fsp3) is 0.353. The quantitative estimate of drug-likeness (QED) is 0.179. The number of rotatable bonds is 11. The molecule has 3 aromatic rings. The van der Waals surface area contributed by atoms with Crippen LogP contribution in [-0.2, 0) is 0 Å². The molecular weight excluding hydrogens is 538 g/mol. The molecule has 1 aliphatic carbocycles. The Morgan fingerprint density at radius 2 is 1.63 bits per heavy atom. The molecule has 2 aromatic carbocycles. The Balaban J connectivity index is 1.25. The summed E-state index contributed by atoms with van der Waals surface area (Å²) in [7, 11) is 1.83. The first-order valence-electron chi connectivity index (χ1n) is 15.1. The lowest BCUT2D eigenvalue weighted by Crippen LogP contribution is -2.38. The topological polar surface area (TPSA) is 122 Å². The summed E-state index contributed by atoms with van der Waals surface area (Å²) in [4.78, 5) is 33.0. The SMILES string of the molecule is CN/C=C(\C=N)c1ccc(C2CCN(C(=O)c3ccc(NC4CC4)c(NC(=O)c4ccc(NC(C)C)nc4)c3)CC2)cc1. The predicted octanol–water partition coefficient (Wildman–Crippen LogP) is 5.96. The fourth-order valence-electron chi connectivity index (χ4n) is 5.37. The first-order valence-corrected chi connectivity index (χ1v) is 15.1. The van der Waals surface area contributed by atoms with Crippen molar-refractivity contribution < 1.29 is 9.59 Å². The molecule has 0 radical (unpaired) electrons. The van der Waals surface area contributed by atoms with Gasteiger partial charge in [0.1, 0.15) is 5.82 Å². The van der Waals surface area contributed by atoms with E-state index < -0.39 is 0 Å². The lowest BCUT2D eigenvalue weighted by molar-refractivity contribution is 0.0712. The van der Waals surface area contributed by atoms with Crippen LogP contribution in [0.4, 0.5) is 17.2 Å². The minimum Gasteiger partial charge on any atom is -0.393 e. The van der Waals surface area contributed by atoms with Gasteiger partial charge in [0.2, 0.25) is 0 Å². The Hall–Kier alpha value is -4.66. The molecule has 0 unspecified atom stereocenters. The second-order valence-electron chi connectivity index (χ2n) is 11.6. The van der Waals surface area contributed by atoms with Crippen molar-refractivity contribution in [2.24, 2.45) is 0 Å². The number of allylic oxidation sites excluding steroid dienone is 1. The Labute approximate surface area is 253 Å². The van der Waals surface area contributed by atoms with Gasteiger partial charge in [-0.25, -0.2) is 4.98 Å². The van der Waals surface area contributed by atoms with Gasteiger partial charge in [-0.05, 0) is 86.9 Å². The summed E-state index contributed by atoms with van der Waals surface area (Å²) in [5, 5.41) is 20.3. The number of piperidine rings is 1. The van der Waals surface area contributed by atoms with Crippen LogP contribution >= 0.6 is 0 Å². The zero-order chi connectivity index (χ0) is 30.3. The van der Waals surface area contributed by atoms with Gasteiger partial charge in [0, 0.05) is 62.0 Å². The summed E-state index contributed by atoms with van der Waals surface area (Å²) in [6.45, 7) is 5.41. The monoisotopic (exact) mass is 579 g/mol. The zero-order valence-electron chi connectivity index (χ0n) is 25.1. The Morgan fingerprint density at radius 3 is 2.23 bits per heavy atom. The minimum atomic E-state index is -0.270. The third-order valence-corrected chi connectivity index (χ3v) is 7.87. The van der Waals surface area contributed by atoms with Gasteiger partial charge in [0.25, 0.3) is 11.8 Å². The minimum absolute atomic E-state index is 0.0270. The van der Waals surface area contributed by atoms with E-state index in [1.165, 1.54) is 11.8 Å². The van der Waals surface area contributed by atoms with Crippen molar-refractivity contribution in [3.05, 3.63) is 89.2 Å². The molecule has 0 spiro atoms. The number of pyridine rings is 1. The van der Waals surface area contributed by atoms with E-state index in [0.717, 1.165) is 48.3 Å². The van der Waals surface area contributed by atoms with E-state index >= 15 is 0 Å². The van der Waals surface area contributed by atoms with Crippen molar-refractivity contribution in [1.82, 2.24) is 15.2 Å². The second-order valence-corrected chi connectivity index (χ2v) is 11.6. The number of benzene rings is 2. The van der Waals surface area contributed by atoms with E-state index in [-0.39, 0.29) is 17.9 Å².